The summed E-state index contributed by atoms with van der Waals surface area (Å²) in [4.78, 5) is 28.0. The number of carbonyl (C=O) groups is 2. The maximum atomic E-state index is 12.9. The zero-order valence-corrected chi connectivity index (χ0v) is 13.0. The van der Waals surface area contributed by atoms with Crippen LogP contribution in [0, 0.1) is 0 Å². The van der Waals surface area contributed by atoms with E-state index in [9.17, 15) is 9.59 Å². The fourth-order valence-corrected chi connectivity index (χ4v) is 3.33. The second-order valence-corrected chi connectivity index (χ2v) is 6.00. The largest absolute Gasteiger partial charge is 0.496 e. The summed E-state index contributed by atoms with van der Waals surface area (Å²) in [6, 6.07) is 5.63. The van der Waals surface area contributed by atoms with Crippen molar-refractivity contribution in [2.45, 2.75) is 18.4 Å². The number of fused-ring (bicyclic) bond motifs is 1. The molecule has 2 N–H and O–H groups in total. The molecule has 0 bridgehead atoms. The molecule has 6 nitrogen and oxygen atoms in total. The number of piperazine rings is 1. The number of hydrogen-bond donors (Lipinski definition) is 1. The molecule has 2 aliphatic rings. The number of nitrogens with zero attached hydrogens (tertiary/aromatic N) is 2. The van der Waals surface area contributed by atoms with Crippen LogP contribution in [0.25, 0.3) is 0 Å². The Labute approximate surface area is 129 Å². The second-order valence-electron chi connectivity index (χ2n) is 6.00. The summed E-state index contributed by atoms with van der Waals surface area (Å²) in [5.41, 5.74) is 7.25. The van der Waals surface area contributed by atoms with Crippen LogP contribution in [0.1, 0.15) is 17.5 Å². The molecule has 1 saturated heterocycles. The van der Waals surface area contributed by atoms with Crippen LogP contribution in [-0.4, -0.2) is 55.4 Å². The Kier molecular flexibility index (Phi) is 3.56. The first-order valence-electron chi connectivity index (χ1n) is 7.46. The normalized spacial score (nSPS) is 24.4. The molecular formula is C16H21N3O3. The summed E-state index contributed by atoms with van der Waals surface area (Å²) in [5, 5.41) is 0. The summed E-state index contributed by atoms with van der Waals surface area (Å²) in [7, 11) is 3.37. The molecule has 1 atom stereocenters. The van der Waals surface area contributed by atoms with Gasteiger partial charge < -0.3 is 20.3 Å². The molecule has 0 radical (unpaired) electrons. The van der Waals surface area contributed by atoms with E-state index < -0.39 is 5.54 Å². The van der Waals surface area contributed by atoms with Crippen LogP contribution in [0.3, 0.4) is 0 Å². The third-order valence-electron chi connectivity index (χ3n) is 4.73. The number of carbonyl (C=O) groups excluding carboxylic acids is 2. The van der Waals surface area contributed by atoms with Crippen molar-refractivity contribution in [2.24, 2.45) is 5.73 Å². The number of methoxy groups -OCH3 is 1. The van der Waals surface area contributed by atoms with E-state index in [-0.39, 0.29) is 18.4 Å². The van der Waals surface area contributed by atoms with Gasteiger partial charge in [-0.15, -0.1) is 0 Å². The molecule has 0 saturated carbocycles. The van der Waals surface area contributed by atoms with E-state index in [2.05, 4.69) is 0 Å². The van der Waals surface area contributed by atoms with Crippen LogP contribution in [0.15, 0.2) is 18.2 Å². The van der Waals surface area contributed by atoms with E-state index in [0.717, 1.165) is 16.9 Å². The van der Waals surface area contributed by atoms with Crippen LogP contribution in [0.4, 0.5) is 0 Å². The van der Waals surface area contributed by atoms with Gasteiger partial charge in [0.05, 0.1) is 13.7 Å². The third kappa shape index (κ3) is 2.14. The summed E-state index contributed by atoms with van der Waals surface area (Å²) < 4.78 is 5.37. The van der Waals surface area contributed by atoms with Crippen molar-refractivity contribution in [1.29, 1.82) is 0 Å². The van der Waals surface area contributed by atoms with Crippen molar-refractivity contribution >= 4 is 11.8 Å². The lowest BCUT2D eigenvalue weighted by molar-refractivity contribution is -0.147. The van der Waals surface area contributed by atoms with Crippen molar-refractivity contribution in [3.63, 3.8) is 0 Å². The number of nitrogens with two attached hydrogens (primary N) is 1. The molecule has 1 unspecified atom stereocenters. The fourth-order valence-electron chi connectivity index (χ4n) is 3.33. The highest BCUT2D eigenvalue weighted by atomic mass is 16.5. The molecule has 0 aromatic heterocycles. The minimum absolute atomic E-state index is 0.0490. The molecule has 1 aromatic carbocycles. The van der Waals surface area contributed by atoms with Crippen LogP contribution >= 0.6 is 0 Å². The number of hydrogen-bond acceptors (Lipinski definition) is 4. The van der Waals surface area contributed by atoms with Crippen molar-refractivity contribution < 1.29 is 14.3 Å². The van der Waals surface area contributed by atoms with Gasteiger partial charge in [-0.2, -0.15) is 0 Å². The molecule has 1 aliphatic carbocycles. The van der Waals surface area contributed by atoms with Crippen molar-refractivity contribution in [3.05, 3.63) is 29.3 Å². The summed E-state index contributed by atoms with van der Waals surface area (Å²) in [5.74, 6) is 0.556. The van der Waals surface area contributed by atoms with Crippen LogP contribution in [-0.2, 0) is 21.5 Å². The highest BCUT2D eigenvalue weighted by molar-refractivity contribution is 5.93. The Bertz CT molecular complexity index is 631. The molecule has 0 spiro atoms. The molecule has 1 aliphatic heterocycles. The van der Waals surface area contributed by atoms with E-state index in [1.165, 1.54) is 0 Å². The Balaban J connectivity index is 1.90. The van der Waals surface area contributed by atoms with Gasteiger partial charge in [-0.3, -0.25) is 9.59 Å². The Morgan fingerprint density at radius 1 is 1.36 bits per heavy atom. The predicted molar refractivity (Wildman–Crippen MR) is 81.4 cm³/mol. The quantitative estimate of drug-likeness (QED) is 0.840. The average molecular weight is 303 g/mol. The standard InChI is InChI=1S/C16H21N3O3/c1-18-8-9-19(10-14(18)20)15(21)16(17)7-6-11-12(16)4-3-5-13(11)22-2/h3-5H,6-10,17H2,1-2H3. The maximum absolute atomic E-state index is 12.9. The molecule has 3 rings (SSSR count). The van der Waals surface area contributed by atoms with E-state index >= 15 is 0 Å². The zero-order chi connectivity index (χ0) is 15.9. The summed E-state index contributed by atoms with van der Waals surface area (Å²) >= 11 is 0. The minimum Gasteiger partial charge on any atom is -0.496 e. The topological polar surface area (TPSA) is 75.9 Å². The predicted octanol–water partition coefficient (Wildman–Crippen LogP) is 0.0960. The smallest absolute Gasteiger partial charge is 0.247 e. The molecule has 1 heterocycles. The summed E-state index contributed by atoms with van der Waals surface area (Å²) in [6.07, 6.45) is 1.26. The van der Waals surface area contributed by atoms with Gasteiger partial charge in [-0.1, -0.05) is 12.1 Å². The fraction of sp³-hybridized carbons (Fsp3) is 0.500. The molecule has 2 amide bonds. The zero-order valence-electron chi connectivity index (χ0n) is 13.0. The van der Waals surface area contributed by atoms with E-state index in [0.29, 0.717) is 25.9 Å². The summed E-state index contributed by atoms with van der Waals surface area (Å²) in [6.45, 7) is 1.18. The average Bonchev–Trinajstić information content (AvgIpc) is 2.88. The lowest BCUT2D eigenvalue weighted by Gasteiger charge is -2.37. The van der Waals surface area contributed by atoms with Gasteiger partial charge in [-0.05, 0) is 30.0 Å². The number of benzene rings is 1. The van der Waals surface area contributed by atoms with E-state index in [1.54, 1.807) is 24.0 Å². The number of amides is 2. The molecule has 1 aromatic rings. The van der Waals surface area contributed by atoms with Crippen LogP contribution in [0.2, 0.25) is 0 Å². The Hall–Kier alpha value is -2.08. The minimum atomic E-state index is -1.06. The SMILES string of the molecule is COc1cccc2c1CCC2(N)C(=O)N1CCN(C)C(=O)C1. The van der Waals surface area contributed by atoms with Gasteiger partial charge in [0.15, 0.2) is 0 Å². The molecule has 1 fully saturated rings. The Morgan fingerprint density at radius 3 is 2.82 bits per heavy atom. The highest BCUT2D eigenvalue weighted by Crippen LogP contribution is 2.40. The molecule has 118 valence electrons. The first-order valence-corrected chi connectivity index (χ1v) is 7.46. The highest BCUT2D eigenvalue weighted by Gasteiger charge is 2.46. The maximum Gasteiger partial charge on any atom is 0.247 e. The lowest BCUT2D eigenvalue weighted by atomic mass is 9.91. The first kappa shape index (κ1) is 14.8. The lowest BCUT2D eigenvalue weighted by Crippen LogP contribution is -2.58. The Morgan fingerprint density at radius 2 is 2.14 bits per heavy atom. The van der Waals surface area contributed by atoms with Crippen LogP contribution in [0.5, 0.6) is 5.75 Å². The van der Waals surface area contributed by atoms with Gasteiger partial charge in [0, 0.05) is 20.1 Å². The number of likely N-dealkylation sites (N-methyl/N-ethyl adjacent to an activating group) is 1. The van der Waals surface area contributed by atoms with Crippen molar-refractivity contribution in [1.82, 2.24) is 9.80 Å². The van der Waals surface area contributed by atoms with E-state index in [4.69, 9.17) is 10.5 Å². The van der Waals surface area contributed by atoms with Crippen molar-refractivity contribution in [3.8, 4) is 5.75 Å². The van der Waals surface area contributed by atoms with Gasteiger partial charge in [0.2, 0.25) is 11.8 Å². The number of rotatable bonds is 2. The molecule has 6 heteroatoms. The molecular weight excluding hydrogens is 282 g/mol. The third-order valence-corrected chi connectivity index (χ3v) is 4.73. The van der Waals surface area contributed by atoms with Gasteiger partial charge in [0.25, 0.3) is 0 Å². The van der Waals surface area contributed by atoms with Crippen LogP contribution < -0.4 is 10.5 Å². The van der Waals surface area contributed by atoms with Crippen molar-refractivity contribution in [2.75, 3.05) is 33.8 Å². The van der Waals surface area contributed by atoms with Gasteiger partial charge in [0.1, 0.15) is 11.3 Å². The number of ether oxygens (including phenoxy) is 1. The van der Waals surface area contributed by atoms with E-state index in [1.807, 2.05) is 18.2 Å². The van der Waals surface area contributed by atoms with Gasteiger partial charge in [-0.25, -0.2) is 0 Å². The monoisotopic (exact) mass is 303 g/mol. The van der Waals surface area contributed by atoms with Gasteiger partial charge >= 0.3 is 0 Å². The first-order chi connectivity index (χ1) is 10.5. The molecule has 22 heavy (non-hydrogen) atoms. The second kappa shape index (κ2) is 5.28.